The fourth-order valence-corrected chi connectivity index (χ4v) is 1.82. The lowest BCUT2D eigenvalue weighted by Gasteiger charge is -2.10. The molecule has 0 atom stereocenters. The van der Waals surface area contributed by atoms with Crippen LogP contribution in [0.1, 0.15) is 0 Å². The van der Waals surface area contributed by atoms with E-state index < -0.39 is 0 Å². The van der Waals surface area contributed by atoms with Crippen LogP contribution in [0.15, 0.2) is 42.7 Å². The van der Waals surface area contributed by atoms with Gasteiger partial charge in [0.2, 0.25) is 0 Å². The van der Waals surface area contributed by atoms with Crippen molar-refractivity contribution >= 4 is 17.3 Å². The minimum Gasteiger partial charge on any atom is -0.371 e. The van der Waals surface area contributed by atoms with Crippen molar-refractivity contribution in [1.29, 1.82) is 5.26 Å². The Balaban J connectivity index is 2.45. The number of nitrogens with zero attached hydrogens (tertiary/aromatic N) is 2. The third-order valence-electron chi connectivity index (χ3n) is 2.34. The molecule has 3 nitrogen and oxygen atoms in total. The summed E-state index contributed by atoms with van der Waals surface area (Å²) in [6.07, 6.45) is 3.40. The monoisotopic (exact) mass is 243 g/mol. The van der Waals surface area contributed by atoms with Crippen molar-refractivity contribution in [3.63, 3.8) is 0 Å². The Morgan fingerprint density at radius 1 is 1.24 bits per heavy atom. The number of benzene rings is 1. The average Bonchev–Trinajstić information content (AvgIpc) is 2.37. The van der Waals surface area contributed by atoms with Crippen LogP contribution in [0.2, 0.25) is 5.02 Å². The van der Waals surface area contributed by atoms with Gasteiger partial charge < -0.3 is 5.32 Å². The highest BCUT2D eigenvalue weighted by atomic mass is 35.5. The quantitative estimate of drug-likeness (QED) is 0.842. The van der Waals surface area contributed by atoms with Gasteiger partial charge in [0.25, 0.3) is 0 Å². The number of nitriles is 1. The second kappa shape index (κ2) is 5.33. The Kier molecular flexibility index (Phi) is 3.59. The minimum absolute atomic E-state index is 0.239. The van der Waals surface area contributed by atoms with E-state index in [0.717, 1.165) is 16.8 Å². The van der Waals surface area contributed by atoms with Gasteiger partial charge in [-0.1, -0.05) is 29.8 Å². The molecule has 4 heteroatoms. The summed E-state index contributed by atoms with van der Waals surface area (Å²) in [5, 5.41) is 12.3. The van der Waals surface area contributed by atoms with Crippen molar-refractivity contribution in [2.45, 2.75) is 0 Å². The standard InChI is InChI=1S/C13H10ClN3/c14-12-4-2-1-3-10(12)11-5-7-16-9-13(11)17-8-6-15/h1-5,7,9,17H,8H2. The zero-order chi connectivity index (χ0) is 12.1. The lowest BCUT2D eigenvalue weighted by Crippen LogP contribution is -2.00. The number of halogens is 1. The van der Waals surface area contributed by atoms with Gasteiger partial charge in [-0.05, 0) is 12.1 Å². The Hall–Kier alpha value is -2.05. The van der Waals surface area contributed by atoms with Crippen LogP contribution in [0.25, 0.3) is 11.1 Å². The summed E-state index contributed by atoms with van der Waals surface area (Å²) in [5.41, 5.74) is 2.68. The summed E-state index contributed by atoms with van der Waals surface area (Å²) in [6.45, 7) is 0.239. The SMILES string of the molecule is N#CCNc1cnccc1-c1ccccc1Cl. The Labute approximate surface area is 105 Å². The lowest BCUT2D eigenvalue weighted by atomic mass is 10.1. The summed E-state index contributed by atoms with van der Waals surface area (Å²) in [7, 11) is 0. The highest BCUT2D eigenvalue weighted by Crippen LogP contribution is 2.32. The summed E-state index contributed by atoms with van der Waals surface area (Å²) >= 11 is 6.15. The molecular formula is C13H10ClN3. The number of nitrogens with one attached hydrogen (secondary N) is 1. The van der Waals surface area contributed by atoms with Crippen LogP contribution in [-0.4, -0.2) is 11.5 Å². The van der Waals surface area contributed by atoms with Gasteiger partial charge in [0.05, 0.1) is 18.0 Å². The van der Waals surface area contributed by atoms with E-state index in [1.54, 1.807) is 12.4 Å². The molecule has 1 N–H and O–H groups in total. The van der Waals surface area contributed by atoms with Crippen LogP contribution >= 0.6 is 11.6 Å². The molecule has 2 aromatic rings. The Morgan fingerprint density at radius 3 is 2.82 bits per heavy atom. The van der Waals surface area contributed by atoms with Gasteiger partial charge in [0.1, 0.15) is 6.54 Å². The number of aromatic nitrogens is 1. The molecule has 1 aromatic heterocycles. The van der Waals surface area contributed by atoms with Gasteiger partial charge in [-0.15, -0.1) is 0 Å². The van der Waals surface area contributed by atoms with Gasteiger partial charge in [0, 0.05) is 22.3 Å². The van der Waals surface area contributed by atoms with Crippen molar-refractivity contribution in [3.05, 3.63) is 47.7 Å². The van der Waals surface area contributed by atoms with E-state index >= 15 is 0 Å². The number of hydrogen-bond donors (Lipinski definition) is 1. The molecule has 0 fully saturated rings. The zero-order valence-corrected chi connectivity index (χ0v) is 9.78. The van der Waals surface area contributed by atoms with Crippen LogP contribution < -0.4 is 5.32 Å². The zero-order valence-electron chi connectivity index (χ0n) is 9.02. The molecule has 0 radical (unpaired) electrons. The molecule has 0 aliphatic carbocycles. The smallest absolute Gasteiger partial charge is 0.103 e. The van der Waals surface area contributed by atoms with E-state index in [1.807, 2.05) is 36.4 Å². The van der Waals surface area contributed by atoms with Crippen molar-refractivity contribution in [2.75, 3.05) is 11.9 Å². The first kappa shape index (κ1) is 11.4. The first-order chi connectivity index (χ1) is 8.33. The summed E-state index contributed by atoms with van der Waals surface area (Å²) in [4.78, 5) is 4.04. The van der Waals surface area contributed by atoms with Gasteiger partial charge >= 0.3 is 0 Å². The number of rotatable bonds is 3. The predicted molar refractivity (Wildman–Crippen MR) is 68.8 cm³/mol. The molecule has 84 valence electrons. The summed E-state index contributed by atoms with van der Waals surface area (Å²) in [5.74, 6) is 0. The van der Waals surface area contributed by atoms with E-state index in [4.69, 9.17) is 16.9 Å². The number of hydrogen-bond acceptors (Lipinski definition) is 3. The molecule has 0 aliphatic rings. The van der Waals surface area contributed by atoms with Crippen LogP contribution in [0.3, 0.4) is 0 Å². The topological polar surface area (TPSA) is 48.7 Å². The second-order valence-electron chi connectivity index (χ2n) is 3.41. The van der Waals surface area contributed by atoms with Gasteiger partial charge in [-0.2, -0.15) is 5.26 Å². The van der Waals surface area contributed by atoms with E-state index in [0.29, 0.717) is 5.02 Å². The molecule has 0 saturated heterocycles. The normalized spacial score (nSPS) is 9.65. The third kappa shape index (κ3) is 2.55. The molecule has 0 unspecified atom stereocenters. The third-order valence-corrected chi connectivity index (χ3v) is 2.67. The first-order valence-corrected chi connectivity index (χ1v) is 5.50. The predicted octanol–water partition coefficient (Wildman–Crippen LogP) is 3.34. The molecule has 0 spiro atoms. The van der Waals surface area contributed by atoms with E-state index in [1.165, 1.54) is 0 Å². The lowest BCUT2D eigenvalue weighted by molar-refractivity contribution is 1.26. The molecule has 1 heterocycles. The van der Waals surface area contributed by atoms with E-state index in [9.17, 15) is 0 Å². The minimum atomic E-state index is 0.239. The fraction of sp³-hybridized carbons (Fsp3) is 0.0769. The van der Waals surface area contributed by atoms with Crippen molar-refractivity contribution in [2.24, 2.45) is 0 Å². The maximum atomic E-state index is 8.58. The van der Waals surface area contributed by atoms with Crippen LogP contribution in [0, 0.1) is 11.3 Å². The van der Waals surface area contributed by atoms with Crippen molar-refractivity contribution < 1.29 is 0 Å². The van der Waals surface area contributed by atoms with Crippen molar-refractivity contribution in [3.8, 4) is 17.2 Å². The maximum Gasteiger partial charge on any atom is 0.103 e. The molecule has 2 rings (SSSR count). The summed E-state index contributed by atoms with van der Waals surface area (Å²) < 4.78 is 0. The van der Waals surface area contributed by atoms with Gasteiger partial charge in [-0.3, -0.25) is 4.98 Å². The largest absolute Gasteiger partial charge is 0.371 e. The molecule has 0 bridgehead atoms. The van der Waals surface area contributed by atoms with Gasteiger partial charge in [0.15, 0.2) is 0 Å². The molecule has 0 aliphatic heterocycles. The van der Waals surface area contributed by atoms with Crippen molar-refractivity contribution in [1.82, 2.24) is 4.98 Å². The van der Waals surface area contributed by atoms with E-state index in [2.05, 4.69) is 10.3 Å². The maximum absolute atomic E-state index is 8.58. The van der Waals surface area contributed by atoms with Crippen LogP contribution in [0.5, 0.6) is 0 Å². The van der Waals surface area contributed by atoms with E-state index in [-0.39, 0.29) is 6.54 Å². The molecule has 0 amide bonds. The Bertz CT molecular complexity index is 561. The van der Waals surface area contributed by atoms with Gasteiger partial charge in [-0.25, -0.2) is 0 Å². The van der Waals surface area contributed by atoms with Crippen LogP contribution in [0.4, 0.5) is 5.69 Å². The Morgan fingerprint density at radius 2 is 2.06 bits per heavy atom. The average molecular weight is 244 g/mol. The number of pyridine rings is 1. The summed E-state index contributed by atoms with van der Waals surface area (Å²) in [6, 6.07) is 11.5. The molecular weight excluding hydrogens is 234 g/mol. The fourth-order valence-electron chi connectivity index (χ4n) is 1.58. The molecule has 17 heavy (non-hydrogen) atoms. The highest BCUT2D eigenvalue weighted by molar-refractivity contribution is 6.33. The van der Waals surface area contributed by atoms with Crippen LogP contribution in [-0.2, 0) is 0 Å². The highest BCUT2D eigenvalue weighted by Gasteiger charge is 2.07. The first-order valence-electron chi connectivity index (χ1n) is 5.12. The number of anilines is 1. The molecule has 1 aromatic carbocycles. The second-order valence-corrected chi connectivity index (χ2v) is 3.82. The molecule has 0 saturated carbocycles.